The average Bonchev–Trinajstić information content (AvgIpc) is 3.12. The van der Waals surface area contributed by atoms with Gasteiger partial charge in [0.05, 0.1) is 27.8 Å². The predicted molar refractivity (Wildman–Crippen MR) is 111 cm³/mol. The number of rotatable bonds is 2. The summed E-state index contributed by atoms with van der Waals surface area (Å²) in [6.45, 7) is 0. The van der Waals surface area contributed by atoms with E-state index >= 15 is 0 Å². The van der Waals surface area contributed by atoms with Crippen LogP contribution >= 0.6 is 0 Å². The van der Waals surface area contributed by atoms with Crippen LogP contribution < -0.4 is 11.5 Å². The molecule has 3 aromatic carbocycles. The number of aromatic amines is 1. The fourth-order valence-electron chi connectivity index (χ4n) is 3.38. The second-order valence-electron chi connectivity index (χ2n) is 6.55. The van der Waals surface area contributed by atoms with Crippen LogP contribution in [0.2, 0.25) is 0 Å². The highest BCUT2D eigenvalue weighted by Crippen LogP contribution is 2.33. The van der Waals surface area contributed by atoms with Crippen LogP contribution in [0.1, 0.15) is 0 Å². The van der Waals surface area contributed by atoms with Crippen molar-refractivity contribution in [1.82, 2.24) is 15.0 Å². The number of anilines is 2. The third-order valence-corrected chi connectivity index (χ3v) is 4.78. The molecular weight excluding hydrogens is 334 g/mol. The summed E-state index contributed by atoms with van der Waals surface area (Å²) in [7, 11) is 0. The van der Waals surface area contributed by atoms with Crippen LogP contribution in [0.25, 0.3) is 44.5 Å². The Morgan fingerprint density at radius 2 is 1.63 bits per heavy atom. The van der Waals surface area contributed by atoms with Crippen LogP contribution in [0.3, 0.4) is 0 Å². The molecule has 5 aromatic rings. The van der Waals surface area contributed by atoms with E-state index in [-0.39, 0.29) is 0 Å². The van der Waals surface area contributed by atoms with Gasteiger partial charge in [0.2, 0.25) is 0 Å². The number of para-hydroxylation sites is 2. The quantitative estimate of drug-likeness (QED) is 0.405. The van der Waals surface area contributed by atoms with Crippen molar-refractivity contribution in [3.8, 4) is 22.5 Å². The van der Waals surface area contributed by atoms with E-state index in [2.05, 4.69) is 15.0 Å². The Morgan fingerprint density at radius 1 is 0.778 bits per heavy atom. The number of imidazole rings is 1. The fourth-order valence-corrected chi connectivity index (χ4v) is 3.38. The molecule has 27 heavy (non-hydrogen) atoms. The van der Waals surface area contributed by atoms with Crippen molar-refractivity contribution in [3.63, 3.8) is 0 Å². The molecule has 0 saturated heterocycles. The molecule has 0 aliphatic rings. The van der Waals surface area contributed by atoms with Crippen molar-refractivity contribution >= 4 is 33.3 Å². The maximum absolute atomic E-state index is 6.47. The zero-order chi connectivity index (χ0) is 18.4. The number of aromatic nitrogens is 3. The van der Waals surface area contributed by atoms with E-state index in [1.165, 1.54) is 0 Å². The van der Waals surface area contributed by atoms with Gasteiger partial charge in [-0.2, -0.15) is 0 Å². The van der Waals surface area contributed by atoms with Gasteiger partial charge in [0.1, 0.15) is 5.82 Å². The summed E-state index contributed by atoms with van der Waals surface area (Å²) in [6, 6.07) is 21.8. The zero-order valence-corrected chi connectivity index (χ0v) is 14.5. The third-order valence-electron chi connectivity index (χ3n) is 4.78. The molecule has 0 fully saturated rings. The maximum atomic E-state index is 6.47. The average molecular weight is 351 g/mol. The Labute approximate surface area is 155 Å². The number of nitrogens with two attached hydrogens (primary N) is 2. The van der Waals surface area contributed by atoms with Crippen LogP contribution in [0.5, 0.6) is 0 Å². The van der Waals surface area contributed by atoms with Crippen molar-refractivity contribution in [2.24, 2.45) is 0 Å². The number of nitrogens with zero attached hydrogens (tertiary/aromatic N) is 2. The first-order valence-electron chi connectivity index (χ1n) is 8.68. The second kappa shape index (κ2) is 5.85. The van der Waals surface area contributed by atoms with Crippen LogP contribution in [-0.4, -0.2) is 15.0 Å². The molecule has 2 aromatic heterocycles. The number of H-pyrrole nitrogens is 1. The molecule has 0 saturated carbocycles. The number of hydrogen-bond acceptors (Lipinski definition) is 4. The van der Waals surface area contributed by atoms with Gasteiger partial charge in [-0.15, -0.1) is 0 Å². The smallest absolute Gasteiger partial charge is 0.142 e. The summed E-state index contributed by atoms with van der Waals surface area (Å²) < 4.78 is 0. The number of benzene rings is 3. The minimum absolute atomic E-state index is 0.665. The van der Waals surface area contributed by atoms with Crippen LogP contribution in [0, 0.1) is 0 Å². The maximum Gasteiger partial charge on any atom is 0.142 e. The predicted octanol–water partition coefficient (Wildman–Crippen LogP) is 4.61. The van der Waals surface area contributed by atoms with E-state index in [0.29, 0.717) is 5.69 Å². The van der Waals surface area contributed by atoms with Gasteiger partial charge in [0, 0.05) is 17.3 Å². The first kappa shape index (κ1) is 15.4. The number of pyridine rings is 1. The number of nitrogens with one attached hydrogen (secondary N) is 1. The van der Waals surface area contributed by atoms with Gasteiger partial charge in [0.15, 0.2) is 0 Å². The molecule has 5 rings (SSSR count). The van der Waals surface area contributed by atoms with Crippen molar-refractivity contribution in [3.05, 3.63) is 72.9 Å². The van der Waals surface area contributed by atoms with Crippen molar-refractivity contribution in [2.75, 3.05) is 11.5 Å². The zero-order valence-electron chi connectivity index (χ0n) is 14.5. The minimum Gasteiger partial charge on any atom is -0.399 e. The lowest BCUT2D eigenvalue weighted by Crippen LogP contribution is -1.95. The van der Waals surface area contributed by atoms with E-state index in [4.69, 9.17) is 11.5 Å². The number of nitrogen functional groups attached to an aromatic ring is 2. The third kappa shape index (κ3) is 2.57. The van der Waals surface area contributed by atoms with Crippen molar-refractivity contribution in [1.29, 1.82) is 0 Å². The lowest BCUT2D eigenvalue weighted by Gasteiger charge is -2.09. The normalized spacial score (nSPS) is 11.3. The molecule has 0 radical (unpaired) electrons. The molecular formula is C22H17N5. The minimum atomic E-state index is 0.665. The Kier molecular flexibility index (Phi) is 3.33. The van der Waals surface area contributed by atoms with Gasteiger partial charge >= 0.3 is 0 Å². The SMILES string of the molecule is Nc1cccc(-c2ccc3c(N)c(-c4nc5ccccc5[nH]4)cnc3c2)c1. The van der Waals surface area contributed by atoms with Crippen LogP contribution in [0.15, 0.2) is 72.9 Å². The standard InChI is InChI=1S/C22H17N5/c23-15-5-3-4-13(10-15)14-8-9-16-20(11-14)25-12-17(21(16)24)22-26-18-6-1-2-7-19(18)27-22/h1-12H,23H2,(H2,24,25)(H,26,27). The molecule has 130 valence electrons. The number of hydrogen-bond donors (Lipinski definition) is 3. The summed E-state index contributed by atoms with van der Waals surface area (Å²) in [6.07, 6.45) is 1.78. The van der Waals surface area contributed by atoms with Gasteiger partial charge in [0.25, 0.3) is 0 Å². The van der Waals surface area contributed by atoms with Crippen LogP contribution in [0.4, 0.5) is 11.4 Å². The summed E-state index contributed by atoms with van der Waals surface area (Å²) in [5, 5.41) is 0.903. The van der Waals surface area contributed by atoms with Gasteiger partial charge in [-0.25, -0.2) is 4.98 Å². The topological polar surface area (TPSA) is 93.6 Å². The lowest BCUT2D eigenvalue weighted by atomic mass is 10.0. The molecule has 0 atom stereocenters. The molecule has 0 spiro atoms. The highest BCUT2D eigenvalue weighted by molar-refractivity contribution is 5.99. The largest absolute Gasteiger partial charge is 0.399 e. The highest BCUT2D eigenvalue weighted by atomic mass is 14.9. The van der Waals surface area contributed by atoms with Crippen molar-refractivity contribution in [2.45, 2.75) is 0 Å². The highest BCUT2D eigenvalue weighted by Gasteiger charge is 2.12. The van der Waals surface area contributed by atoms with E-state index in [1.807, 2.05) is 66.7 Å². The van der Waals surface area contributed by atoms with Gasteiger partial charge < -0.3 is 16.5 Å². The molecule has 0 aliphatic carbocycles. The summed E-state index contributed by atoms with van der Waals surface area (Å²) >= 11 is 0. The van der Waals surface area contributed by atoms with Crippen molar-refractivity contribution < 1.29 is 0 Å². The molecule has 0 bridgehead atoms. The van der Waals surface area contributed by atoms with E-state index < -0.39 is 0 Å². The van der Waals surface area contributed by atoms with Gasteiger partial charge in [-0.1, -0.05) is 36.4 Å². The molecule has 5 heteroatoms. The Morgan fingerprint density at radius 3 is 2.48 bits per heavy atom. The van der Waals surface area contributed by atoms with E-state index in [0.717, 1.165) is 50.1 Å². The monoisotopic (exact) mass is 351 g/mol. The first-order valence-corrected chi connectivity index (χ1v) is 8.68. The molecule has 0 unspecified atom stereocenters. The Bertz CT molecular complexity index is 1270. The Hall–Kier alpha value is -3.86. The van der Waals surface area contributed by atoms with E-state index in [9.17, 15) is 0 Å². The van der Waals surface area contributed by atoms with Gasteiger partial charge in [-0.05, 0) is 41.5 Å². The molecule has 0 aliphatic heterocycles. The summed E-state index contributed by atoms with van der Waals surface area (Å²) in [5.74, 6) is 0.725. The van der Waals surface area contributed by atoms with E-state index in [1.54, 1.807) is 6.20 Å². The molecule has 2 heterocycles. The first-order chi connectivity index (χ1) is 13.2. The lowest BCUT2D eigenvalue weighted by molar-refractivity contribution is 1.31. The molecule has 0 amide bonds. The Balaban J connectivity index is 1.64. The van der Waals surface area contributed by atoms with Crippen LogP contribution in [-0.2, 0) is 0 Å². The second-order valence-corrected chi connectivity index (χ2v) is 6.55. The van der Waals surface area contributed by atoms with Gasteiger partial charge in [-0.3, -0.25) is 4.98 Å². The number of fused-ring (bicyclic) bond motifs is 2. The summed E-state index contributed by atoms with van der Waals surface area (Å²) in [4.78, 5) is 12.6. The molecule has 5 nitrogen and oxygen atoms in total. The fraction of sp³-hybridized carbons (Fsp3) is 0. The molecule has 5 N–H and O–H groups in total. The summed E-state index contributed by atoms with van der Waals surface area (Å²) in [5.41, 5.74) is 19.4.